The van der Waals surface area contributed by atoms with Gasteiger partial charge in [0.1, 0.15) is 23.0 Å². The molecule has 0 aromatic heterocycles. The fraction of sp³-hybridized carbons (Fsp3) is 0.162. The van der Waals surface area contributed by atoms with Gasteiger partial charge < -0.3 is 28.7 Å². The van der Waals surface area contributed by atoms with E-state index in [1.165, 1.54) is 86.9 Å². The van der Waals surface area contributed by atoms with Crippen LogP contribution >= 0.6 is 0 Å². The van der Waals surface area contributed by atoms with E-state index in [0.29, 0.717) is 0 Å². The van der Waals surface area contributed by atoms with Crippen LogP contribution in [0.25, 0.3) is 86.9 Å². The predicted molar refractivity (Wildman–Crippen MR) is 337 cm³/mol. The minimum absolute atomic E-state index is 0.0639. The number of benzene rings is 11. The standard InChI is InChI=1S/C74H64N2O4/c1-45(2)77-55-33-25-51(26-34-55)75(52-27-35-56(36-28-52)78-46(3)4)65-43-41-63-69-59(65)21-15-23-61(69)71-67(49-17-11-9-12-18-49)72-62-24-16-22-60-66(44-42-64(70(60)62)74(72)68(73(63)71)50-19-13-10-14-20-50)76(53-29-37-57(38-30-53)79-47(5)6)54-31-39-58(40-32-54)80-48(7)8/h9-48H,1-8H3. The van der Waals surface area contributed by atoms with Gasteiger partial charge in [0.15, 0.2) is 0 Å². The Morgan fingerprint density at radius 1 is 0.237 bits per heavy atom. The van der Waals surface area contributed by atoms with Crippen LogP contribution in [0.15, 0.2) is 218 Å². The second-order valence-electron chi connectivity index (χ2n) is 22.0. The normalized spacial score (nSPS) is 11.9. The van der Waals surface area contributed by atoms with E-state index in [1.54, 1.807) is 0 Å². The van der Waals surface area contributed by atoms with E-state index in [4.69, 9.17) is 18.9 Å². The first-order valence-corrected chi connectivity index (χ1v) is 28.1. The van der Waals surface area contributed by atoms with Gasteiger partial charge in [0.2, 0.25) is 0 Å². The third kappa shape index (κ3) is 8.85. The van der Waals surface area contributed by atoms with Gasteiger partial charge in [-0.3, -0.25) is 0 Å². The van der Waals surface area contributed by atoms with E-state index in [1.807, 2.05) is 0 Å². The minimum atomic E-state index is 0.0639. The number of nitrogens with zero attached hydrogens (tertiary/aromatic N) is 2. The summed E-state index contributed by atoms with van der Waals surface area (Å²) in [6.07, 6.45) is 0.256. The van der Waals surface area contributed by atoms with Crippen molar-refractivity contribution in [3.05, 3.63) is 218 Å². The molecule has 0 spiro atoms. The Kier molecular flexibility index (Phi) is 12.9. The number of fused-ring (bicyclic) bond motifs is 6. The lowest BCUT2D eigenvalue weighted by Gasteiger charge is -2.27. The fourth-order valence-corrected chi connectivity index (χ4v) is 12.3. The summed E-state index contributed by atoms with van der Waals surface area (Å²) < 4.78 is 24.6. The first-order chi connectivity index (χ1) is 39.0. The van der Waals surface area contributed by atoms with Gasteiger partial charge in [-0.25, -0.2) is 0 Å². The van der Waals surface area contributed by atoms with Crippen molar-refractivity contribution in [1.82, 2.24) is 0 Å². The van der Waals surface area contributed by atoms with Crippen LogP contribution in [-0.2, 0) is 0 Å². The molecular weight excluding hydrogens is 981 g/mol. The van der Waals surface area contributed by atoms with E-state index in [-0.39, 0.29) is 24.4 Å². The maximum Gasteiger partial charge on any atom is 0.119 e. The summed E-state index contributed by atoms with van der Waals surface area (Å²) >= 11 is 0. The van der Waals surface area contributed by atoms with E-state index in [0.717, 1.165) is 57.1 Å². The first-order valence-electron chi connectivity index (χ1n) is 28.1. The summed E-state index contributed by atoms with van der Waals surface area (Å²) in [4.78, 5) is 4.75. The Morgan fingerprint density at radius 3 is 0.775 bits per heavy atom. The highest BCUT2D eigenvalue weighted by molar-refractivity contribution is 6.47. The number of rotatable bonds is 16. The largest absolute Gasteiger partial charge is 0.491 e. The van der Waals surface area contributed by atoms with Crippen LogP contribution in [0.1, 0.15) is 55.4 Å². The second-order valence-corrected chi connectivity index (χ2v) is 22.0. The Labute approximate surface area is 468 Å². The molecule has 6 heteroatoms. The topological polar surface area (TPSA) is 43.4 Å². The van der Waals surface area contributed by atoms with Crippen LogP contribution in [0, 0.1) is 0 Å². The lowest BCUT2D eigenvalue weighted by molar-refractivity contribution is 0.242. The monoisotopic (exact) mass is 1040 g/mol. The van der Waals surface area contributed by atoms with Crippen molar-refractivity contribution in [2.24, 2.45) is 0 Å². The smallest absolute Gasteiger partial charge is 0.119 e. The van der Waals surface area contributed by atoms with Crippen LogP contribution in [0.2, 0.25) is 0 Å². The minimum Gasteiger partial charge on any atom is -0.491 e. The molecule has 0 bridgehead atoms. The van der Waals surface area contributed by atoms with Gasteiger partial charge in [0, 0.05) is 33.5 Å². The van der Waals surface area contributed by atoms with Crippen molar-refractivity contribution < 1.29 is 18.9 Å². The Bertz CT molecular complexity index is 3880. The van der Waals surface area contributed by atoms with Crippen LogP contribution in [0.5, 0.6) is 23.0 Å². The molecule has 80 heavy (non-hydrogen) atoms. The maximum absolute atomic E-state index is 6.16. The SMILES string of the molecule is CC(C)Oc1ccc(N(c2ccc(OC(C)C)cc2)c2ccc3c4c(-c5ccccc5)c5c6ccc(N(c7ccc(OC(C)C)cc7)c7ccc(OC(C)C)cc7)c7cccc(c5c(-c5ccccc5)c4c4cccc2c43)c76)cc1. The molecule has 0 heterocycles. The summed E-state index contributed by atoms with van der Waals surface area (Å²) in [5.74, 6) is 3.35. The zero-order valence-electron chi connectivity index (χ0n) is 46.6. The van der Waals surface area contributed by atoms with Crippen molar-refractivity contribution in [1.29, 1.82) is 0 Å². The number of anilines is 6. The molecule has 13 rings (SSSR count). The molecule has 13 aromatic carbocycles. The highest BCUT2D eigenvalue weighted by Crippen LogP contribution is 2.58. The van der Waals surface area contributed by atoms with E-state index in [2.05, 4.69) is 284 Å². The molecule has 0 aliphatic heterocycles. The van der Waals surface area contributed by atoms with Gasteiger partial charge in [-0.1, -0.05) is 109 Å². The highest BCUT2D eigenvalue weighted by Gasteiger charge is 2.30. The first kappa shape index (κ1) is 50.3. The van der Waals surface area contributed by atoms with Crippen molar-refractivity contribution in [3.8, 4) is 45.3 Å². The van der Waals surface area contributed by atoms with Crippen LogP contribution in [0.4, 0.5) is 34.1 Å². The summed E-state index contributed by atoms with van der Waals surface area (Å²) in [5, 5.41) is 14.7. The summed E-state index contributed by atoms with van der Waals surface area (Å²) in [6, 6.07) is 79.3. The lowest BCUT2D eigenvalue weighted by atomic mass is 9.87. The highest BCUT2D eigenvalue weighted by atomic mass is 16.5. The molecule has 13 aromatic rings. The quantitative estimate of drug-likeness (QED) is 0.0961. The maximum atomic E-state index is 6.16. The van der Waals surface area contributed by atoms with E-state index >= 15 is 0 Å². The molecule has 0 aliphatic rings. The zero-order valence-corrected chi connectivity index (χ0v) is 46.6. The van der Waals surface area contributed by atoms with Gasteiger partial charge in [-0.2, -0.15) is 0 Å². The Balaban J connectivity index is 1.11. The third-order valence-electron chi connectivity index (χ3n) is 15.1. The van der Waals surface area contributed by atoms with Gasteiger partial charge in [0.05, 0.1) is 35.8 Å². The molecule has 0 atom stereocenters. The van der Waals surface area contributed by atoms with Crippen molar-refractivity contribution in [2.75, 3.05) is 9.80 Å². The molecule has 0 amide bonds. The summed E-state index contributed by atoms with van der Waals surface area (Å²) in [7, 11) is 0. The summed E-state index contributed by atoms with van der Waals surface area (Å²) in [6.45, 7) is 16.5. The van der Waals surface area contributed by atoms with Crippen molar-refractivity contribution in [3.63, 3.8) is 0 Å². The molecule has 6 nitrogen and oxygen atoms in total. The van der Waals surface area contributed by atoms with Gasteiger partial charge in [-0.05, 0) is 241 Å². The second kappa shape index (κ2) is 20.5. The zero-order chi connectivity index (χ0) is 54.8. The number of hydrogen-bond acceptors (Lipinski definition) is 6. The lowest BCUT2D eigenvalue weighted by Crippen LogP contribution is -2.11. The Hall–Kier alpha value is -9.26. The van der Waals surface area contributed by atoms with Gasteiger partial charge in [-0.15, -0.1) is 0 Å². The van der Waals surface area contributed by atoms with E-state index in [9.17, 15) is 0 Å². The molecule has 0 saturated heterocycles. The van der Waals surface area contributed by atoms with Crippen LogP contribution in [-0.4, -0.2) is 24.4 Å². The Morgan fingerprint density at radius 2 is 0.500 bits per heavy atom. The average Bonchev–Trinajstić information content (AvgIpc) is 4.00. The molecule has 0 unspecified atom stereocenters. The number of ether oxygens (including phenoxy) is 4. The molecule has 0 radical (unpaired) electrons. The van der Waals surface area contributed by atoms with Crippen LogP contribution in [0.3, 0.4) is 0 Å². The van der Waals surface area contributed by atoms with Crippen LogP contribution < -0.4 is 28.7 Å². The predicted octanol–water partition coefficient (Wildman–Crippen LogP) is 20.9. The molecule has 394 valence electrons. The molecule has 0 saturated carbocycles. The average molecular weight is 1050 g/mol. The molecular formula is C74H64N2O4. The molecule has 0 aliphatic carbocycles. The number of hydrogen-bond donors (Lipinski definition) is 0. The van der Waals surface area contributed by atoms with Gasteiger partial charge in [0.25, 0.3) is 0 Å². The van der Waals surface area contributed by atoms with E-state index < -0.39 is 0 Å². The molecule has 0 fully saturated rings. The van der Waals surface area contributed by atoms with Crippen molar-refractivity contribution >= 4 is 98.8 Å². The summed E-state index contributed by atoms with van der Waals surface area (Å²) in [5.41, 5.74) is 11.1. The fourth-order valence-electron chi connectivity index (χ4n) is 12.3. The third-order valence-corrected chi connectivity index (χ3v) is 15.1. The molecule has 0 N–H and O–H groups in total. The van der Waals surface area contributed by atoms with Crippen molar-refractivity contribution in [2.45, 2.75) is 79.8 Å². The van der Waals surface area contributed by atoms with Gasteiger partial charge >= 0.3 is 0 Å².